The molecule has 31 heavy (non-hydrogen) atoms. The number of hydrogen-bond acceptors (Lipinski definition) is 6. The lowest BCUT2D eigenvalue weighted by Gasteiger charge is -2.08. The molecule has 2 atom stereocenters. The fourth-order valence-corrected chi connectivity index (χ4v) is 4.02. The molecule has 158 valence electrons. The summed E-state index contributed by atoms with van der Waals surface area (Å²) in [7, 11) is 1.61. The number of rotatable bonds is 7. The summed E-state index contributed by atoms with van der Waals surface area (Å²) in [5.41, 5.74) is 1.94. The van der Waals surface area contributed by atoms with Gasteiger partial charge in [-0.05, 0) is 47.9 Å². The van der Waals surface area contributed by atoms with Gasteiger partial charge in [-0.1, -0.05) is 0 Å². The van der Waals surface area contributed by atoms with Gasteiger partial charge in [0.25, 0.3) is 0 Å². The largest absolute Gasteiger partial charge is 0.385 e. The number of fused-ring (bicyclic) bond motifs is 1. The van der Waals surface area contributed by atoms with Crippen LogP contribution in [0.4, 0.5) is 8.78 Å². The highest BCUT2D eigenvalue weighted by molar-refractivity contribution is 5.84. The number of aryl methyl sites for hydroxylation is 1. The van der Waals surface area contributed by atoms with Crippen LogP contribution in [0.25, 0.3) is 22.6 Å². The third-order valence-corrected chi connectivity index (χ3v) is 5.62. The van der Waals surface area contributed by atoms with E-state index in [1.807, 2.05) is 0 Å². The highest BCUT2D eigenvalue weighted by Crippen LogP contribution is 2.56. The molecule has 4 aromatic rings. The molecule has 1 aliphatic rings. The number of nitrogens with zero attached hydrogens (tertiary/aromatic N) is 6. The number of halogens is 2. The van der Waals surface area contributed by atoms with Crippen molar-refractivity contribution in [3.05, 3.63) is 65.9 Å². The van der Waals surface area contributed by atoms with Crippen molar-refractivity contribution in [1.29, 1.82) is 0 Å². The number of ether oxygens (including phenoxy) is 1. The standard InChI is InChI=1S/C22H20F2N6O/c1-31-7-3-6-30-20-17(12-29-30)16(9-18(23)19(20)24)15-8-14(15)13-10-27-22(28-11-13)21-25-4-2-5-26-21/h2,4-5,9-12,14-15H,3,6-8H2,1H3/t14-,15+/m0/s1. The van der Waals surface area contributed by atoms with E-state index in [2.05, 4.69) is 25.0 Å². The van der Waals surface area contributed by atoms with E-state index >= 15 is 0 Å². The molecule has 7 nitrogen and oxygen atoms in total. The van der Waals surface area contributed by atoms with Gasteiger partial charge < -0.3 is 4.74 Å². The molecule has 0 radical (unpaired) electrons. The molecular weight excluding hydrogens is 402 g/mol. The second-order valence-corrected chi connectivity index (χ2v) is 7.60. The Kier molecular flexibility index (Phi) is 5.11. The normalized spacial score (nSPS) is 17.9. The molecule has 9 heteroatoms. The van der Waals surface area contributed by atoms with Crippen LogP contribution in [0.3, 0.4) is 0 Å². The van der Waals surface area contributed by atoms with Crippen LogP contribution in [0.15, 0.2) is 43.1 Å². The Morgan fingerprint density at radius 3 is 2.52 bits per heavy atom. The van der Waals surface area contributed by atoms with E-state index in [1.54, 1.807) is 44.2 Å². The SMILES string of the molecule is COCCCn1ncc2c([C@@H]3C[C@H]3c3cnc(-c4ncccn4)nc3)cc(F)c(F)c21. The summed E-state index contributed by atoms with van der Waals surface area (Å²) in [5, 5.41) is 4.95. The summed E-state index contributed by atoms with van der Waals surface area (Å²) < 4.78 is 35.6. The minimum absolute atomic E-state index is 0.0663. The highest BCUT2D eigenvalue weighted by atomic mass is 19.2. The Bertz CT molecular complexity index is 1210. The van der Waals surface area contributed by atoms with Gasteiger partial charge in [0.15, 0.2) is 23.3 Å². The van der Waals surface area contributed by atoms with Gasteiger partial charge in [0.1, 0.15) is 5.52 Å². The maximum absolute atomic E-state index is 14.6. The first-order valence-electron chi connectivity index (χ1n) is 10.1. The third-order valence-electron chi connectivity index (χ3n) is 5.62. The molecule has 0 saturated heterocycles. The molecule has 0 aliphatic heterocycles. The summed E-state index contributed by atoms with van der Waals surface area (Å²) >= 11 is 0. The van der Waals surface area contributed by atoms with Gasteiger partial charge in [0.05, 0.1) is 6.20 Å². The molecule has 0 amide bonds. The molecule has 5 rings (SSSR count). The Morgan fingerprint density at radius 2 is 1.77 bits per heavy atom. The van der Waals surface area contributed by atoms with E-state index in [0.717, 1.165) is 17.5 Å². The molecule has 1 saturated carbocycles. The van der Waals surface area contributed by atoms with Crippen LogP contribution >= 0.6 is 0 Å². The number of methoxy groups -OCH3 is 1. The van der Waals surface area contributed by atoms with Crippen molar-refractivity contribution < 1.29 is 13.5 Å². The average Bonchev–Trinajstić information content (AvgIpc) is 3.49. The van der Waals surface area contributed by atoms with Crippen molar-refractivity contribution in [2.45, 2.75) is 31.2 Å². The Hall–Kier alpha value is -3.33. The first-order valence-corrected chi connectivity index (χ1v) is 10.1. The van der Waals surface area contributed by atoms with Crippen molar-refractivity contribution in [3.63, 3.8) is 0 Å². The van der Waals surface area contributed by atoms with Gasteiger partial charge in [-0.3, -0.25) is 4.68 Å². The fourth-order valence-electron chi connectivity index (χ4n) is 4.02. The summed E-state index contributed by atoms with van der Waals surface area (Å²) in [5.74, 6) is -0.582. The summed E-state index contributed by atoms with van der Waals surface area (Å²) in [6, 6.07) is 3.03. The summed E-state index contributed by atoms with van der Waals surface area (Å²) in [6.45, 7) is 0.988. The Labute approximate surface area is 177 Å². The third kappa shape index (κ3) is 3.65. The quantitative estimate of drug-likeness (QED) is 0.421. The zero-order valence-corrected chi connectivity index (χ0v) is 16.9. The van der Waals surface area contributed by atoms with Crippen molar-refractivity contribution in [1.82, 2.24) is 29.7 Å². The van der Waals surface area contributed by atoms with Crippen LogP contribution in [-0.4, -0.2) is 43.4 Å². The Morgan fingerprint density at radius 1 is 1.03 bits per heavy atom. The van der Waals surface area contributed by atoms with Gasteiger partial charge in [-0.2, -0.15) is 5.10 Å². The summed E-state index contributed by atoms with van der Waals surface area (Å²) in [6.07, 6.45) is 9.91. The average molecular weight is 422 g/mol. The van der Waals surface area contributed by atoms with Crippen LogP contribution in [-0.2, 0) is 11.3 Å². The molecule has 3 heterocycles. The van der Waals surface area contributed by atoms with E-state index < -0.39 is 11.6 Å². The molecule has 0 bridgehead atoms. The topological polar surface area (TPSA) is 78.6 Å². The van der Waals surface area contributed by atoms with Crippen molar-refractivity contribution in [2.75, 3.05) is 13.7 Å². The zero-order chi connectivity index (χ0) is 21.4. The van der Waals surface area contributed by atoms with Crippen LogP contribution in [0.1, 0.15) is 35.8 Å². The van der Waals surface area contributed by atoms with Crippen LogP contribution in [0, 0.1) is 11.6 Å². The molecule has 3 aromatic heterocycles. The van der Waals surface area contributed by atoms with Crippen LogP contribution < -0.4 is 0 Å². The number of hydrogen-bond donors (Lipinski definition) is 0. The van der Waals surface area contributed by atoms with E-state index in [9.17, 15) is 8.78 Å². The lowest BCUT2D eigenvalue weighted by Crippen LogP contribution is -2.05. The van der Waals surface area contributed by atoms with Gasteiger partial charge in [-0.25, -0.2) is 28.7 Å². The van der Waals surface area contributed by atoms with Crippen LogP contribution in [0.5, 0.6) is 0 Å². The number of aromatic nitrogens is 6. The van der Waals surface area contributed by atoms with Gasteiger partial charge in [0.2, 0.25) is 0 Å². The maximum Gasteiger partial charge on any atom is 0.197 e. The summed E-state index contributed by atoms with van der Waals surface area (Å²) in [4.78, 5) is 17.1. The first-order chi connectivity index (χ1) is 15.2. The first kappa shape index (κ1) is 19.6. The second kappa shape index (κ2) is 8.07. The van der Waals surface area contributed by atoms with Crippen LogP contribution in [0.2, 0.25) is 0 Å². The minimum atomic E-state index is -0.860. The van der Waals surface area contributed by atoms with E-state index in [1.165, 1.54) is 10.7 Å². The molecule has 1 aliphatic carbocycles. The molecular formula is C22H20F2N6O. The Balaban J connectivity index is 1.41. The van der Waals surface area contributed by atoms with E-state index in [0.29, 0.717) is 36.6 Å². The minimum Gasteiger partial charge on any atom is -0.385 e. The maximum atomic E-state index is 14.6. The molecule has 0 N–H and O–H groups in total. The predicted octanol–water partition coefficient (Wildman–Crippen LogP) is 3.87. The molecule has 1 fully saturated rings. The predicted molar refractivity (Wildman–Crippen MR) is 109 cm³/mol. The van der Waals surface area contributed by atoms with Crippen molar-refractivity contribution in [2.24, 2.45) is 0 Å². The van der Waals surface area contributed by atoms with Crippen molar-refractivity contribution >= 4 is 10.9 Å². The smallest absolute Gasteiger partial charge is 0.197 e. The lowest BCUT2D eigenvalue weighted by atomic mass is 10.0. The van der Waals surface area contributed by atoms with Gasteiger partial charge in [-0.15, -0.1) is 0 Å². The second-order valence-electron chi connectivity index (χ2n) is 7.60. The van der Waals surface area contributed by atoms with Crippen molar-refractivity contribution in [3.8, 4) is 11.6 Å². The monoisotopic (exact) mass is 422 g/mol. The fraction of sp³-hybridized carbons (Fsp3) is 0.318. The molecule has 0 unspecified atom stereocenters. The highest BCUT2D eigenvalue weighted by Gasteiger charge is 2.42. The van der Waals surface area contributed by atoms with E-state index in [4.69, 9.17) is 4.74 Å². The lowest BCUT2D eigenvalue weighted by molar-refractivity contribution is 0.189. The van der Waals surface area contributed by atoms with Gasteiger partial charge >= 0.3 is 0 Å². The molecule has 0 spiro atoms. The van der Waals surface area contributed by atoms with Gasteiger partial charge in [0, 0.05) is 50.4 Å². The zero-order valence-electron chi connectivity index (χ0n) is 16.9. The number of benzene rings is 1. The molecule has 1 aromatic carbocycles. The van der Waals surface area contributed by atoms with E-state index in [-0.39, 0.29) is 17.4 Å².